The number of carbonyl (C=O) groups excluding carboxylic acids is 1. The second-order valence-corrected chi connectivity index (χ2v) is 7.91. The van der Waals surface area contributed by atoms with Crippen molar-refractivity contribution >= 4 is 17.7 Å². The summed E-state index contributed by atoms with van der Waals surface area (Å²) in [5.41, 5.74) is 3.11. The molecule has 0 unspecified atom stereocenters. The van der Waals surface area contributed by atoms with E-state index in [1.807, 2.05) is 36.4 Å². The fourth-order valence-electron chi connectivity index (χ4n) is 3.30. The van der Waals surface area contributed by atoms with Gasteiger partial charge < -0.3 is 14.8 Å². The van der Waals surface area contributed by atoms with Crippen LogP contribution in [0.2, 0.25) is 0 Å². The van der Waals surface area contributed by atoms with Gasteiger partial charge in [-0.25, -0.2) is 4.39 Å². The number of hydrogen-bond acceptors (Lipinski definition) is 4. The number of benzene rings is 4. The van der Waals surface area contributed by atoms with Gasteiger partial charge in [0.25, 0.3) is 5.91 Å². The van der Waals surface area contributed by atoms with Crippen LogP contribution in [0.3, 0.4) is 0 Å². The lowest BCUT2D eigenvalue weighted by Gasteiger charge is -2.09. The van der Waals surface area contributed by atoms with E-state index < -0.39 is 5.91 Å². The number of amides is 1. The molecule has 4 rings (SSSR count). The van der Waals surface area contributed by atoms with Crippen molar-refractivity contribution in [2.45, 2.75) is 13.2 Å². The van der Waals surface area contributed by atoms with Crippen molar-refractivity contribution in [2.75, 3.05) is 5.32 Å². The number of carbonyl (C=O) groups is 1. The average Bonchev–Trinajstić information content (AvgIpc) is 2.92. The molecular formula is C30H23FN2O3. The van der Waals surface area contributed by atoms with Crippen LogP contribution in [0.25, 0.3) is 6.08 Å². The Kier molecular flexibility index (Phi) is 8.08. The molecule has 0 radical (unpaired) electrons. The van der Waals surface area contributed by atoms with Gasteiger partial charge in [-0.1, -0.05) is 54.6 Å². The normalized spacial score (nSPS) is 10.8. The van der Waals surface area contributed by atoms with Crippen LogP contribution in [0.15, 0.2) is 109 Å². The lowest BCUT2D eigenvalue weighted by Crippen LogP contribution is -2.13. The van der Waals surface area contributed by atoms with Crippen LogP contribution in [-0.4, -0.2) is 5.91 Å². The summed E-state index contributed by atoms with van der Waals surface area (Å²) in [5.74, 6) is 0.493. The van der Waals surface area contributed by atoms with Gasteiger partial charge in [0, 0.05) is 5.69 Å². The summed E-state index contributed by atoms with van der Waals surface area (Å²) in [6.45, 7) is 0.751. The summed E-state index contributed by atoms with van der Waals surface area (Å²) in [6, 6.07) is 31.8. The van der Waals surface area contributed by atoms with Gasteiger partial charge in [0.05, 0.1) is 0 Å². The molecule has 0 fully saturated rings. The Hall–Kier alpha value is -4.89. The molecular weight excluding hydrogens is 455 g/mol. The molecule has 0 aliphatic heterocycles. The molecule has 1 N–H and O–H groups in total. The molecule has 36 heavy (non-hydrogen) atoms. The van der Waals surface area contributed by atoms with Crippen LogP contribution >= 0.6 is 0 Å². The molecule has 0 atom stereocenters. The maximum Gasteiger partial charge on any atom is 0.266 e. The van der Waals surface area contributed by atoms with Crippen LogP contribution < -0.4 is 14.8 Å². The van der Waals surface area contributed by atoms with Crippen molar-refractivity contribution in [3.63, 3.8) is 0 Å². The highest BCUT2D eigenvalue weighted by molar-refractivity contribution is 6.09. The number of ether oxygens (including phenoxy) is 2. The Labute approximate surface area is 209 Å². The van der Waals surface area contributed by atoms with Crippen molar-refractivity contribution in [1.29, 1.82) is 5.26 Å². The Morgan fingerprint density at radius 2 is 1.33 bits per heavy atom. The predicted molar refractivity (Wildman–Crippen MR) is 137 cm³/mol. The number of halogens is 1. The van der Waals surface area contributed by atoms with Gasteiger partial charge >= 0.3 is 0 Å². The fourth-order valence-corrected chi connectivity index (χ4v) is 3.30. The second kappa shape index (κ2) is 12.0. The minimum atomic E-state index is -0.507. The summed E-state index contributed by atoms with van der Waals surface area (Å²) >= 11 is 0. The molecule has 1 amide bonds. The van der Waals surface area contributed by atoms with E-state index in [1.54, 1.807) is 60.7 Å². The largest absolute Gasteiger partial charge is 0.489 e. The Balaban J connectivity index is 1.31. The third-order valence-electron chi connectivity index (χ3n) is 5.24. The van der Waals surface area contributed by atoms with E-state index in [4.69, 9.17) is 9.47 Å². The summed E-state index contributed by atoms with van der Waals surface area (Å²) in [5, 5.41) is 12.2. The summed E-state index contributed by atoms with van der Waals surface area (Å²) < 4.78 is 24.5. The smallest absolute Gasteiger partial charge is 0.266 e. The van der Waals surface area contributed by atoms with E-state index in [-0.39, 0.29) is 11.4 Å². The molecule has 0 aromatic heterocycles. The lowest BCUT2D eigenvalue weighted by atomic mass is 10.1. The van der Waals surface area contributed by atoms with Crippen molar-refractivity contribution in [3.05, 3.63) is 131 Å². The van der Waals surface area contributed by atoms with Crippen molar-refractivity contribution in [1.82, 2.24) is 0 Å². The first-order valence-corrected chi connectivity index (χ1v) is 11.3. The molecule has 0 saturated heterocycles. The van der Waals surface area contributed by atoms with Crippen LogP contribution in [0.1, 0.15) is 16.7 Å². The lowest BCUT2D eigenvalue weighted by molar-refractivity contribution is -0.112. The van der Waals surface area contributed by atoms with E-state index in [1.165, 1.54) is 18.2 Å². The van der Waals surface area contributed by atoms with Crippen LogP contribution in [0.5, 0.6) is 11.5 Å². The Morgan fingerprint density at radius 3 is 1.92 bits per heavy atom. The summed E-state index contributed by atoms with van der Waals surface area (Å²) in [4.78, 5) is 12.6. The van der Waals surface area contributed by atoms with Gasteiger partial charge in [-0.3, -0.25) is 4.79 Å². The van der Waals surface area contributed by atoms with Crippen LogP contribution in [-0.2, 0) is 18.0 Å². The highest BCUT2D eigenvalue weighted by atomic mass is 19.1. The SMILES string of the molecule is N#C/C(=C\c1ccc(OCc2ccc(F)cc2)cc1)C(=O)Nc1ccc(OCc2ccccc2)cc1. The minimum absolute atomic E-state index is 0.0283. The van der Waals surface area contributed by atoms with E-state index in [9.17, 15) is 14.4 Å². The standard InChI is InChI=1S/C30H23FN2O3/c31-26-10-6-24(7-11-26)21-36-28-14-8-22(9-15-28)18-25(19-32)30(34)33-27-12-16-29(17-13-27)35-20-23-4-2-1-3-5-23/h1-18H,20-21H2,(H,33,34)/b25-18+. The molecule has 0 aliphatic rings. The van der Waals surface area contributed by atoms with Gasteiger partial charge in [0.2, 0.25) is 0 Å². The molecule has 178 valence electrons. The minimum Gasteiger partial charge on any atom is -0.489 e. The molecule has 0 spiro atoms. The zero-order chi connectivity index (χ0) is 25.2. The first kappa shape index (κ1) is 24.2. The first-order valence-electron chi connectivity index (χ1n) is 11.3. The molecule has 0 heterocycles. The number of nitriles is 1. The zero-order valence-electron chi connectivity index (χ0n) is 19.4. The maximum atomic E-state index is 13.0. The number of hydrogen-bond donors (Lipinski definition) is 1. The van der Waals surface area contributed by atoms with Gasteiger partial charge in [0.1, 0.15) is 42.2 Å². The highest BCUT2D eigenvalue weighted by Crippen LogP contribution is 2.19. The van der Waals surface area contributed by atoms with E-state index >= 15 is 0 Å². The first-order chi connectivity index (χ1) is 17.6. The number of nitrogens with one attached hydrogen (secondary N) is 1. The van der Waals surface area contributed by atoms with Gasteiger partial charge in [-0.15, -0.1) is 0 Å². The van der Waals surface area contributed by atoms with E-state index in [0.717, 1.165) is 11.1 Å². The number of rotatable bonds is 9. The molecule has 4 aromatic carbocycles. The molecule has 6 heteroatoms. The van der Waals surface area contributed by atoms with Crippen molar-refractivity contribution < 1.29 is 18.7 Å². The summed E-state index contributed by atoms with van der Waals surface area (Å²) in [7, 11) is 0. The molecule has 0 bridgehead atoms. The fraction of sp³-hybridized carbons (Fsp3) is 0.0667. The Bertz CT molecular complexity index is 1360. The third-order valence-corrected chi connectivity index (χ3v) is 5.24. The maximum absolute atomic E-state index is 13.0. The quantitative estimate of drug-likeness (QED) is 0.219. The number of anilines is 1. The topological polar surface area (TPSA) is 71.3 Å². The van der Waals surface area contributed by atoms with Crippen LogP contribution in [0.4, 0.5) is 10.1 Å². The van der Waals surface area contributed by atoms with Gasteiger partial charge in [-0.2, -0.15) is 5.26 Å². The highest BCUT2D eigenvalue weighted by Gasteiger charge is 2.10. The third kappa shape index (κ3) is 7.05. The van der Waals surface area contributed by atoms with Crippen molar-refractivity contribution in [2.24, 2.45) is 0 Å². The van der Waals surface area contributed by atoms with Gasteiger partial charge in [-0.05, 0) is 71.3 Å². The van der Waals surface area contributed by atoms with Crippen LogP contribution in [0, 0.1) is 17.1 Å². The molecule has 4 aromatic rings. The van der Waals surface area contributed by atoms with Crippen molar-refractivity contribution in [3.8, 4) is 17.6 Å². The van der Waals surface area contributed by atoms with Gasteiger partial charge in [0.15, 0.2) is 0 Å². The molecule has 0 saturated carbocycles. The molecule has 5 nitrogen and oxygen atoms in total. The monoisotopic (exact) mass is 478 g/mol. The van der Waals surface area contributed by atoms with E-state index in [0.29, 0.717) is 36.0 Å². The number of nitrogens with zero attached hydrogens (tertiary/aromatic N) is 1. The predicted octanol–water partition coefficient (Wildman–Crippen LogP) is 6.53. The second-order valence-electron chi connectivity index (χ2n) is 7.91. The molecule has 0 aliphatic carbocycles. The zero-order valence-corrected chi connectivity index (χ0v) is 19.4. The average molecular weight is 479 g/mol. The van der Waals surface area contributed by atoms with E-state index in [2.05, 4.69) is 5.32 Å². The summed E-state index contributed by atoms with van der Waals surface area (Å²) in [6.07, 6.45) is 1.51. The Morgan fingerprint density at radius 1 is 0.778 bits per heavy atom.